The molecule has 17 heavy (non-hydrogen) atoms. The molecule has 0 aliphatic carbocycles. The summed E-state index contributed by atoms with van der Waals surface area (Å²) in [6, 6.07) is 1.89. The number of rotatable bonds is 2. The van der Waals surface area contributed by atoms with Gasteiger partial charge >= 0.3 is 0 Å². The molecule has 0 bridgehead atoms. The van der Waals surface area contributed by atoms with Crippen molar-refractivity contribution in [3.05, 3.63) is 45.8 Å². The lowest BCUT2D eigenvalue weighted by Gasteiger charge is -2.08. The maximum atomic E-state index is 11.8. The van der Waals surface area contributed by atoms with Gasteiger partial charge in [0.2, 0.25) is 0 Å². The molecule has 0 atom stereocenters. The Hall–Kier alpha value is -1.97. The van der Waals surface area contributed by atoms with Crippen LogP contribution in [0.3, 0.4) is 0 Å². The number of nitrogens with one attached hydrogen (secondary N) is 1. The van der Waals surface area contributed by atoms with Gasteiger partial charge in [-0.3, -0.25) is 9.78 Å². The van der Waals surface area contributed by atoms with Crippen molar-refractivity contribution in [1.29, 1.82) is 0 Å². The molecule has 2 aromatic heterocycles. The van der Waals surface area contributed by atoms with E-state index in [2.05, 4.69) is 15.0 Å². The van der Waals surface area contributed by atoms with Gasteiger partial charge in [0, 0.05) is 29.9 Å². The first-order valence-corrected chi connectivity index (χ1v) is 5.64. The molecular weight excluding hydrogens is 214 g/mol. The van der Waals surface area contributed by atoms with Crippen molar-refractivity contribution < 1.29 is 0 Å². The van der Waals surface area contributed by atoms with Gasteiger partial charge in [0.15, 0.2) is 0 Å². The van der Waals surface area contributed by atoms with Crippen LogP contribution in [0, 0.1) is 13.8 Å². The van der Waals surface area contributed by atoms with Crippen LogP contribution in [0.25, 0.3) is 11.3 Å². The van der Waals surface area contributed by atoms with E-state index in [1.807, 2.05) is 19.9 Å². The SMILES string of the molecule is CCc1nc(-c2ccncc2C)c(C)c(=O)[nH]1. The van der Waals surface area contributed by atoms with Crippen molar-refractivity contribution in [2.75, 3.05) is 0 Å². The molecule has 88 valence electrons. The number of aryl methyl sites for hydroxylation is 2. The summed E-state index contributed by atoms with van der Waals surface area (Å²) in [5.74, 6) is 0.715. The molecular formula is C13H15N3O. The van der Waals surface area contributed by atoms with Gasteiger partial charge in [-0.25, -0.2) is 4.98 Å². The second-order valence-corrected chi connectivity index (χ2v) is 4.03. The molecule has 0 radical (unpaired) electrons. The average Bonchev–Trinajstić information content (AvgIpc) is 2.33. The molecule has 0 aliphatic rings. The number of pyridine rings is 1. The lowest BCUT2D eigenvalue weighted by molar-refractivity contribution is 0.911. The maximum absolute atomic E-state index is 11.8. The summed E-state index contributed by atoms with van der Waals surface area (Å²) in [6.07, 6.45) is 4.21. The molecule has 0 unspecified atom stereocenters. The van der Waals surface area contributed by atoms with E-state index >= 15 is 0 Å². The van der Waals surface area contributed by atoms with Crippen LogP contribution in [0.5, 0.6) is 0 Å². The van der Waals surface area contributed by atoms with Crippen molar-refractivity contribution in [3.8, 4) is 11.3 Å². The van der Waals surface area contributed by atoms with E-state index in [0.29, 0.717) is 17.8 Å². The maximum Gasteiger partial charge on any atom is 0.254 e. The van der Waals surface area contributed by atoms with Gasteiger partial charge in [0.05, 0.1) is 5.69 Å². The fourth-order valence-electron chi connectivity index (χ4n) is 1.75. The van der Waals surface area contributed by atoms with Gasteiger partial charge in [0.1, 0.15) is 5.82 Å². The Morgan fingerprint density at radius 3 is 2.76 bits per heavy atom. The molecule has 4 nitrogen and oxygen atoms in total. The standard InChI is InChI=1S/C13H15N3O/c1-4-11-15-12(9(3)13(17)16-11)10-5-6-14-7-8(10)2/h5-7H,4H2,1-3H3,(H,15,16,17). The van der Waals surface area contributed by atoms with Crippen LogP contribution in [0.15, 0.2) is 23.3 Å². The zero-order chi connectivity index (χ0) is 12.4. The van der Waals surface area contributed by atoms with Crippen LogP contribution < -0.4 is 5.56 Å². The molecule has 0 spiro atoms. The molecule has 2 aromatic rings. The summed E-state index contributed by atoms with van der Waals surface area (Å²) in [5, 5.41) is 0. The summed E-state index contributed by atoms with van der Waals surface area (Å²) in [5.41, 5.74) is 3.33. The van der Waals surface area contributed by atoms with Crippen LogP contribution in [0.4, 0.5) is 0 Å². The van der Waals surface area contributed by atoms with Crippen molar-refractivity contribution in [3.63, 3.8) is 0 Å². The minimum Gasteiger partial charge on any atom is -0.310 e. The number of hydrogen-bond donors (Lipinski definition) is 1. The first-order valence-electron chi connectivity index (χ1n) is 5.64. The Balaban J connectivity index is 2.71. The molecule has 0 amide bonds. The summed E-state index contributed by atoms with van der Waals surface area (Å²) in [7, 11) is 0. The Bertz CT molecular complexity index is 602. The van der Waals surface area contributed by atoms with Crippen molar-refractivity contribution in [1.82, 2.24) is 15.0 Å². The monoisotopic (exact) mass is 229 g/mol. The van der Waals surface area contributed by atoms with E-state index < -0.39 is 0 Å². The predicted molar refractivity (Wildman–Crippen MR) is 66.9 cm³/mol. The Kier molecular flexibility index (Phi) is 3.04. The predicted octanol–water partition coefficient (Wildman–Crippen LogP) is 2.01. The van der Waals surface area contributed by atoms with Crippen LogP contribution in [-0.4, -0.2) is 15.0 Å². The zero-order valence-electron chi connectivity index (χ0n) is 10.2. The van der Waals surface area contributed by atoms with Crippen molar-refractivity contribution in [2.24, 2.45) is 0 Å². The highest BCUT2D eigenvalue weighted by Crippen LogP contribution is 2.21. The van der Waals surface area contributed by atoms with E-state index in [1.54, 1.807) is 19.3 Å². The fraction of sp³-hybridized carbons (Fsp3) is 0.308. The van der Waals surface area contributed by atoms with Crippen LogP contribution in [0.1, 0.15) is 23.9 Å². The first-order chi connectivity index (χ1) is 8.13. The Morgan fingerprint density at radius 1 is 1.35 bits per heavy atom. The van der Waals surface area contributed by atoms with Crippen LogP contribution in [-0.2, 0) is 6.42 Å². The van der Waals surface area contributed by atoms with E-state index in [1.165, 1.54) is 0 Å². The van der Waals surface area contributed by atoms with E-state index in [9.17, 15) is 4.79 Å². The third-order valence-electron chi connectivity index (χ3n) is 2.81. The molecule has 1 N–H and O–H groups in total. The Labute approximate surface area is 99.8 Å². The van der Waals surface area contributed by atoms with E-state index in [0.717, 1.165) is 16.8 Å². The topological polar surface area (TPSA) is 58.6 Å². The van der Waals surface area contributed by atoms with Crippen molar-refractivity contribution in [2.45, 2.75) is 27.2 Å². The number of nitrogens with zero attached hydrogens (tertiary/aromatic N) is 2. The lowest BCUT2D eigenvalue weighted by Crippen LogP contribution is -2.16. The van der Waals surface area contributed by atoms with Crippen LogP contribution in [0.2, 0.25) is 0 Å². The second-order valence-electron chi connectivity index (χ2n) is 4.03. The van der Waals surface area contributed by atoms with Gasteiger partial charge in [-0.2, -0.15) is 0 Å². The molecule has 0 saturated carbocycles. The quantitative estimate of drug-likeness (QED) is 0.857. The molecule has 2 rings (SSSR count). The summed E-state index contributed by atoms with van der Waals surface area (Å²) in [6.45, 7) is 5.73. The van der Waals surface area contributed by atoms with E-state index in [-0.39, 0.29) is 5.56 Å². The van der Waals surface area contributed by atoms with Crippen LogP contribution >= 0.6 is 0 Å². The molecule has 2 heterocycles. The van der Waals surface area contributed by atoms with Gasteiger partial charge in [-0.15, -0.1) is 0 Å². The van der Waals surface area contributed by atoms with Gasteiger partial charge in [-0.05, 0) is 25.5 Å². The second kappa shape index (κ2) is 4.49. The minimum absolute atomic E-state index is 0.0666. The summed E-state index contributed by atoms with van der Waals surface area (Å²) in [4.78, 5) is 23.1. The number of aromatic amines is 1. The largest absolute Gasteiger partial charge is 0.310 e. The minimum atomic E-state index is -0.0666. The molecule has 0 fully saturated rings. The summed E-state index contributed by atoms with van der Waals surface area (Å²) < 4.78 is 0. The van der Waals surface area contributed by atoms with E-state index in [4.69, 9.17) is 0 Å². The number of H-pyrrole nitrogens is 1. The normalized spacial score (nSPS) is 10.5. The first kappa shape index (κ1) is 11.5. The van der Waals surface area contributed by atoms with Gasteiger partial charge in [-0.1, -0.05) is 6.92 Å². The molecule has 0 saturated heterocycles. The van der Waals surface area contributed by atoms with Gasteiger partial charge < -0.3 is 4.98 Å². The zero-order valence-corrected chi connectivity index (χ0v) is 10.2. The average molecular weight is 229 g/mol. The smallest absolute Gasteiger partial charge is 0.254 e. The number of hydrogen-bond acceptors (Lipinski definition) is 3. The Morgan fingerprint density at radius 2 is 2.12 bits per heavy atom. The third kappa shape index (κ3) is 2.11. The molecule has 0 aromatic carbocycles. The van der Waals surface area contributed by atoms with Gasteiger partial charge in [0.25, 0.3) is 5.56 Å². The highest BCUT2D eigenvalue weighted by molar-refractivity contribution is 5.65. The summed E-state index contributed by atoms with van der Waals surface area (Å²) >= 11 is 0. The molecule has 4 heteroatoms. The fourth-order valence-corrected chi connectivity index (χ4v) is 1.75. The lowest BCUT2D eigenvalue weighted by atomic mass is 10.0. The van der Waals surface area contributed by atoms with Crippen molar-refractivity contribution >= 4 is 0 Å². The number of aromatic nitrogens is 3. The third-order valence-corrected chi connectivity index (χ3v) is 2.81. The highest BCUT2D eigenvalue weighted by atomic mass is 16.1. The molecule has 0 aliphatic heterocycles. The highest BCUT2D eigenvalue weighted by Gasteiger charge is 2.10.